The largest absolute Gasteiger partial charge is 0.491 e. The molecule has 2 aliphatic carbocycles. The molecule has 2 aliphatic rings. The molecule has 0 aliphatic heterocycles. The van der Waals surface area contributed by atoms with Gasteiger partial charge in [-0.15, -0.1) is 0 Å². The number of hydrogen-bond acceptors (Lipinski definition) is 4. The lowest BCUT2D eigenvalue weighted by Gasteiger charge is -2.32. The molecule has 2 fully saturated rings. The zero-order chi connectivity index (χ0) is 32.7. The molecule has 0 unspecified atom stereocenters. The summed E-state index contributed by atoms with van der Waals surface area (Å²) in [6.45, 7) is 0. The van der Waals surface area contributed by atoms with Crippen LogP contribution in [-0.2, 0) is 4.79 Å². The Morgan fingerprint density at radius 3 is 2.02 bits per heavy atom. The van der Waals surface area contributed by atoms with Crippen molar-refractivity contribution in [1.82, 2.24) is 9.55 Å². The maximum absolute atomic E-state index is 12.7. The minimum Gasteiger partial charge on any atom is -0.420 e. The molecule has 10 heteroatoms. The number of ether oxygens (including phenoxy) is 1. The van der Waals surface area contributed by atoms with Crippen molar-refractivity contribution in [3.8, 4) is 5.75 Å². The van der Waals surface area contributed by atoms with E-state index in [0.717, 1.165) is 72.1 Å². The Kier molecular flexibility index (Phi) is 8.66. The number of halogens is 5. The van der Waals surface area contributed by atoms with Crippen molar-refractivity contribution in [1.29, 1.82) is 0 Å². The second kappa shape index (κ2) is 12.9. The van der Waals surface area contributed by atoms with Gasteiger partial charge in [-0.2, -0.15) is 13.2 Å². The molecule has 0 saturated heterocycles. The molecule has 0 bridgehead atoms. The molecule has 1 heterocycles. The van der Waals surface area contributed by atoms with Crippen LogP contribution in [0.3, 0.4) is 0 Å². The SMILES string of the molecule is O=C(Oc1cccc(N[C@H]2CC[C@H](n3c(C4CC4)nc4ccc(C(c5ccc(Cl)cc5)c5ccc(Cl)cc5)cc43)CC2)c1)C(F)(F)F. The fourth-order valence-electron chi connectivity index (χ4n) is 6.74. The zero-order valence-electron chi connectivity index (χ0n) is 25.3. The van der Waals surface area contributed by atoms with Gasteiger partial charge in [-0.05, 0) is 104 Å². The maximum atomic E-state index is 12.7. The molecule has 1 N–H and O–H groups in total. The molecule has 4 aromatic carbocycles. The van der Waals surface area contributed by atoms with Crippen LogP contribution in [-0.4, -0.2) is 27.7 Å². The molecule has 1 aromatic heterocycles. The van der Waals surface area contributed by atoms with Gasteiger partial charge in [-0.3, -0.25) is 0 Å². The van der Waals surface area contributed by atoms with E-state index in [4.69, 9.17) is 28.2 Å². The number of nitrogens with zero attached hydrogens (tertiary/aromatic N) is 2. The Hall–Kier alpha value is -4.01. The standard InChI is InChI=1S/C37H32Cl2F3N3O2/c38-26-11-6-22(7-12-26)34(23-8-13-27(39)14-9-23)25-10-19-32-33(20-25)45(35(44-32)24-4-5-24)30-17-15-28(16-18-30)43-29-2-1-3-31(21-29)47-36(46)37(40,41)42/h1-3,6-14,19-21,24,28,30,34,43H,4-5,15-18H2/t28-,30-. The van der Waals surface area contributed by atoms with Crippen LogP contribution in [0, 0.1) is 0 Å². The number of benzene rings is 4. The highest BCUT2D eigenvalue weighted by molar-refractivity contribution is 6.30. The third-order valence-electron chi connectivity index (χ3n) is 9.13. The van der Waals surface area contributed by atoms with Crippen molar-refractivity contribution in [2.75, 3.05) is 5.32 Å². The number of hydrogen-bond donors (Lipinski definition) is 1. The smallest absolute Gasteiger partial charge is 0.420 e. The summed E-state index contributed by atoms with van der Waals surface area (Å²) in [4.78, 5) is 16.4. The maximum Gasteiger partial charge on any atom is 0.491 e. The number of imidazole rings is 1. The highest BCUT2D eigenvalue weighted by Crippen LogP contribution is 2.45. The summed E-state index contributed by atoms with van der Waals surface area (Å²) in [5.41, 5.74) is 6.17. The first-order valence-corrected chi connectivity index (χ1v) is 16.6. The first-order chi connectivity index (χ1) is 22.6. The molecule has 2 saturated carbocycles. The number of aromatic nitrogens is 2. The summed E-state index contributed by atoms with van der Waals surface area (Å²) in [6, 6.07) is 29.1. The van der Waals surface area contributed by atoms with Gasteiger partial charge in [0.05, 0.1) is 11.0 Å². The van der Waals surface area contributed by atoms with Gasteiger partial charge in [-0.25, -0.2) is 9.78 Å². The summed E-state index contributed by atoms with van der Waals surface area (Å²) in [6.07, 6.45) is 0.825. The number of nitrogens with one attached hydrogen (secondary N) is 1. The predicted molar refractivity (Wildman–Crippen MR) is 179 cm³/mol. The molecule has 242 valence electrons. The van der Waals surface area contributed by atoms with E-state index in [-0.39, 0.29) is 23.8 Å². The Morgan fingerprint density at radius 2 is 1.43 bits per heavy atom. The van der Waals surface area contributed by atoms with Crippen LogP contribution in [0.4, 0.5) is 18.9 Å². The average Bonchev–Trinajstić information content (AvgIpc) is 3.83. The average molecular weight is 679 g/mol. The summed E-state index contributed by atoms with van der Waals surface area (Å²) in [5, 5.41) is 4.82. The number of rotatable bonds is 8. The molecule has 0 spiro atoms. The highest BCUT2D eigenvalue weighted by Gasteiger charge is 2.41. The number of alkyl halides is 3. The van der Waals surface area contributed by atoms with Crippen molar-refractivity contribution in [3.05, 3.63) is 124 Å². The van der Waals surface area contributed by atoms with E-state index in [1.54, 1.807) is 12.1 Å². The van der Waals surface area contributed by atoms with Gasteiger partial charge in [0.1, 0.15) is 11.6 Å². The Labute approximate surface area is 280 Å². The topological polar surface area (TPSA) is 56.1 Å². The Bertz CT molecular complexity index is 1850. The van der Waals surface area contributed by atoms with Crippen molar-refractivity contribution < 1.29 is 22.7 Å². The van der Waals surface area contributed by atoms with Gasteiger partial charge in [0, 0.05) is 45.7 Å². The summed E-state index contributed by atoms with van der Waals surface area (Å²) >= 11 is 12.5. The third-order valence-corrected chi connectivity index (χ3v) is 9.64. The van der Waals surface area contributed by atoms with E-state index >= 15 is 0 Å². The van der Waals surface area contributed by atoms with Crippen molar-refractivity contribution in [2.24, 2.45) is 0 Å². The third kappa shape index (κ3) is 6.99. The fraction of sp³-hybridized carbons (Fsp3) is 0.297. The van der Waals surface area contributed by atoms with Crippen LogP contribution in [0.2, 0.25) is 10.0 Å². The minimum atomic E-state index is -5.05. The van der Waals surface area contributed by atoms with Crippen LogP contribution in [0.1, 0.15) is 78.9 Å². The van der Waals surface area contributed by atoms with Gasteiger partial charge in [-0.1, -0.05) is 59.6 Å². The summed E-state index contributed by atoms with van der Waals surface area (Å²) < 4.78 is 45.0. The second-order valence-electron chi connectivity index (χ2n) is 12.5. The lowest BCUT2D eigenvalue weighted by molar-refractivity contribution is -0.189. The van der Waals surface area contributed by atoms with E-state index in [0.29, 0.717) is 21.7 Å². The van der Waals surface area contributed by atoms with Crippen LogP contribution in [0.5, 0.6) is 5.75 Å². The van der Waals surface area contributed by atoms with Gasteiger partial charge in [0.2, 0.25) is 0 Å². The summed E-state index contributed by atoms with van der Waals surface area (Å²) in [5.74, 6) is -0.775. The van der Waals surface area contributed by atoms with Gasteiger partial charge >= 0.3 is 12.1 Å². The number of carbonyl (C=O) groups excluding carboxylic acids is 1. The van der Waals surface area contributed by atoms with Crippen molar-refractivity contribution in [2.45, 2.75) is 68.6 Å². The number of carbonyl (C=O) groups is 1. The van der Waals surface area contributed by atoms with Crippen LogP contribution in [0.25, 0.3) is 11.0 Å². The molecule has 0 atom stereocenters. The van der Waals surface area contributed by atoms with E-state index in [1.807, 2.05) is 24.3 Å². The predicted octanol–water partition coefficient (Wildman–Crippen LogP) is 10.5. The molecule has 0 radical (unpaired) electrons. The number of fused-ring (bicyclic) bond motifs is 1. The quantitative estimate of drug-likeness (QED) is 0.101. The molecular formula is C37H32Cl2F3N3O2. The van der Waals surface area contributed by atoms with Crippen molar-refractivity contribution >= 4 is 45.9 Å². The number of anilines is 1. The molecule has 5 nitrogen and oxygen atoms in total. The van der Waals surface area contributed by atoms with E-state index in [9.17, 15) is 18.0 Å². The molecule has 7 rings (SSSR count). The number of esters is 1. The molecule has 0 amide bonds. The summed E-state index contributed by atoms with van der Waals surface area (Å²) in [7, 11) is 0. The van der Waals surface area contributed by atoms with Gasteiger partial charge in [0.15, 0.2) is 0 Å². The first-order valence-electron chi connectivity index (χ1n) is 15.8. The fourth-order valence-corrected chi connectivity index (χ4v) is 6.99. The Morgan fingerprint density at radius 1 is 0.809 bits per heavy atom. The van der Waals surface area contributed by atoms with Gasteiger partial charge in [0.25, 0.3) is 0 Å². The second-order valence-corrected chi connectivity index (χ2v) is 13.3. The monoisotopic (exact) mass is 677 g/mol. The van der Waals surface area contributed by atoms with Crippen LogP contribution < -0.4 is 10.1 Å². The normalized spacial score (nSPS) is 18.4. The molecule has 5 aromatic rings. The van der Waals surface area contributed by atoms with Crippen molar-refractivity contribution in [3.63, 3.8) is 0 Å². The van der Waals surface area contributed by atoms with Crippen LogP contribution in [0.15, 0.2) is 91.0 Å². The Balaban J connectivity index is 1.15. The highest BCUT2D eigenvalue weighted by atomic mass is 35.5. The lowest BCUT2D eigenvalue weighted by Crippen LogP contribution is -2.28. The molecule has 47 heavy (non-hydrogen) atoms. The van der Waals surface area contributed by atoms with E-state index in [1.165, 1.54) is 12.1 Å². The molecular weight excluding hydrogens is 646 g/mol. The minimum absolute atomic E-state index is 0.0206. The van der Waals surface area contributed by atoms with E-state index in [2.05, 4.69) is 57.1 Å². The lowest BCUT2D eigenvalue weighted by atomic mass is 9.85. The van der Waals surface area contributed by atoms with E-state index < -0.39 is 12.1 Å². The van der Waals surface area contributed by atoms with Crippen LogP contribution >= 0.6 is 23.2 Å². The van der Waals surface area contributed by atoms with Gasteiger partial charge < -0.3 is 14.6 Å². The zero-order valence-corrected chi connectivity index (χ0v) is 26.8. The first kappa shape index (κ1) is 31.6.